The first-order chi connectivity index (χ1) is 12.5. The number of rotatable bonds is 7. The number of benzene rings is 1. The molecule has 1 amide bonds. The normalized spacial score (nSPS) is 12.1. The van der Waals surface area contributed by atoms with Crippen molar-refractivity contribution in [3.05, 3.63) is 53.7 Å². The maximum absolute atomic E-state index is 12.9. The molecule has 0 aliphatic carbocycles. The van der Waals surface area contributed by atoms with Gasteiger partial charge in [-0.2, -0.15) is 0 Å². The minimum Gasteiger partial charge on any atom is -0.469 e. The van der Waals surface area contributed by atoms with E-state index in [-0.39, 0.29) is 17.0 Å². The molecule has 0 saturated carbocycles. The van der Waals surface area contributed by atoms with Gasteiger partial charge in [-0.25, -0.2) is 4.39 Å². The smallest absolute Gasteiger partial charge is 0.277 e. The topological polar surface area (TPSA) is 81.2 Å². The van der Waals surface area contributed by atoms with Gasteiger partial charge in [-0.1, -0.05) is 23.9 Å². The Hall–Kier alpha value is -2.61. The molecule has 1 N–H and O–H groups in total. The number of halogens is 1. The Morgan fingerprint density at radius 3 is 2.73 bits per heavy atom. The first-order valence-electron chi connectivity index (χ1n) is 8.09. The molecule has 6 nitrogen and oxygen atoms in total. The van der Waals surface area contributed by atoms with Crippen molar-refractivity contribution < 1.29 is 18.0 Å². The number of carbonyl (C=O) groups excluding carboxylic acids is 1. The van der Waals surface area contributed by atoms with E-state index in [0.717, 1.165) is 11.1 Å². The number of aryl methyl sites for hydroxylation is 1. The number of nitrogens with zero attached hydrogens (tertiary/aromatic N) is 2. The molecule has 8 heteroatoms. The second-order valence-electron chi connectivity index (χ2n) is 5.69. The van der Waals surface area contributed by atoms with Gasteiger partial charge >= 0.3 is 0 Å². The lowest BCUT2D eigenvalue weighted by molar-refractivity contribution is -0.120. The highest BCUT2D eigenvalue weighted by atomic mass is 32.2. The molecule has 3 aromatic rings. The predicted molar refractivity (Wildman–Crippen MR) is 95.2 cm³/mol. The fourth-order valence-corrected chi connectivity index (χ4v) is 3.01. The molecular formula is C18H18FN3O3S. The van der Waals surface area contributed by atoms with E-state index in [9.17, 15) is 9.18 Å². The summed E-state index contributed by atoms with van der Waals surface area (Å²) in [5.74, 6) is 0.656. The zero-order valence-corrected chi connectivity index (χ0v) is 15.2. The summed E-state index contributed by atoms with van der Waals surface area (Å²) >= 11 is 1.19. The molecule has 0 unspecified atom stereocenters. The van der Waals surface area contributed by atoms with Crippen LogP contribution in [0, 0.1) is 12.7 Å². The van der Waals surface area contributed by atoms with Gasteiger partial charge in [0.25, 0.3) is 11.1 Å². The van der Waals surface area contributed by atoms with E-state index in [1.165, 1.54) is 23.9 Å². The zero-order valence-electron chi connectivity index (χ0n) is 14.4. The average Bonchev–Trinajstić information content (AvgIpc) is 3.25. The van der Waals surface area contributed by atoms with Crippen molar-refractivity contribution in [3.63, 3.8) is 0 Å². The average molecular weight is 375 g/mol. The number of amides is 1. The van der Waals surface area contributed by atoms with E-state index >= 15 is 0 Å². The van der Waals surface area contributed by atoms with Crippen LogP contribution in [0.5, 0.6) is 0 Å². The number of furan rings is 1. The largest absolute Gasteiger partial charge is 0.469 e. The molecule has 0 aliphatic heterocycles. The number of aromatic nitrogens is 2. The molecule has 136 valence electrons. The lowest BCUT2D eigenvalue weighted by atomic mass is 10.1. The molecule has 3 rings (SSSR count). The minimum absolute atomic E-state index is 0.128. The third kappa shape index (κ3) is 4.51. The predicted octanol–water partition coefficient (Wildman–Crippen LogP) is 3.62. The summed E-state index contributed by atoms with van der Waals surface area (Å²) in [6.07, 6.45) is 2.19. The summed E-state index contributed by atoms with van der Waals surface area (Å²) < 4.78 is 23.7. The molecule has 0 spiro atoms. The number of hydrogen-bond acceptors (Lipinski definition) is 6. The van der Waals surface area contributed by atoms with Crippen molar-refractivity contribution in [2.24, 2.45) is 0 Å². The highest BCUT2D eigenvalue weighted by Crippen LogP contribution is 2.28. The van der Waals surface area contributed by atoms with Crippen LogP contribution in [0.25, 0.3) is 11.5 Å². The molecule has 0 fully saturated rings. The van der Waals surface area contributed by atoms with E-state index in [0.29, 0.717) is 29.8 Å². The van der Waals surface area contributed by atoms with Crippen LogP contribution in [0.3, 0.4) is 0 Å². The SMILES string of the molecule is Cc1occc1-c1nnc(S[C@@H](C)C(=O)NCCc2ccc(F)cc2)o1. The maximum atomic E-state index is 12.9. The third-order valence-corrected chi connectivity index (χ3v) is 4.70. The van der Waals surface area contributed by atoms with Crippen LogP contribution < -0.4 is 5.32 Å². The highest BCUT2D eigenvalue weighted by molar-refractivity contribution is 8.00. The number of hydrogen-bond donors (Lipinski definition) is 1. The lowest BCUT2D eigenvalue weighted by Gasteiger charge is -2.09. The third-order valence-electron chi connectivity index (χ3n) is 3.77. The second kappa shape index (κ2) is 8.18. The Bertz CT molecular complexity index is 876. The summed E-state index contributed by atoms with van der Waals surface area (Å²) in [6, 6.07) is 7.98. The zero-order chi connectivity index (χ0) is 18.5. The standard InChI is InChI=1S/C18H18FN3O3S/c1-11-15(8-10-24-11)17-21-22-18(25-17)26-12(2)16(23)20-9-7-13-3-5-14(19)6-4-13/h3-6,8,10,12H,7,9H2,1-2H3,(H,20,23)/t12-/m0/s1. The van der Waals surface area contributed by atoms with E-state index in [1.54, 1.807) is 31.4 Å². The molecular weight excluding hydrogens is 357 g/mol. The van der Waals surface area contributed by atoms with Gasteiger partial charge in [-0.3, -0.25) is 4.79 Å². The van der Waals surface area contributed by atoms with Crippen molar-refractivity contribution in [1.82, 2.24) is 15.5 Å². The number of thioether (sulfide) groups is 1. The van der Waals surface area contributed by atoms with E-state index in [2.05, 4.69) is 15.5 Å². The summed E-state index contributed by atoms with van der Waals surface area (Å²) in [7, 11) is 0. The molecule has 1 aromatic carbocycles. The molecule has 2 aromatic heterocycles. The van der Waals surface area contributed by atoms with Crippen LogP contribution in [0.15, 0.2) is 50.7 Å². The molecule has 0 bridgehead atoms. The van der Waals surface area contributed by atoms with Crippen LogP contribution in [-0.4, -0.2) is 27.9 Å². The summed E-state index contributed by atoms with van der Waals surface area (Å²) in [6.45, 7) is 4.05. The van der Waals surface area contributed by atoms with E-state index < -0.39 is 0 Å². The Morgan fingerprint density at radius 2 is 2.04 bits per heavy atom. The van der Waals surface area contributed by atoms with Gasteiger partial charge in [0, 0.05) is 6.54 Å². The fourth-order valence-electron chi connectivity index (χ4n) is 2.30. The van der Waals surface area contributed by atoms with Crippen molar-refractivity contribution in [3.8, 4) is 11.5 Å². The van der Waals surface area contributed by atoms with Crippen LogP contribution in [0.1, 0.15) is 18.2 Å². The van der Waals surface area contributed by atoms with Crippen LogP contribution in [0.2, 0.25) is 0 Å². The van der Waals surface area contributed by atoms with Crippen LogP contribution in [0.4, 0.5) is 4.39 Å². The van der Waals surface area contributed by atoms with Gasteiger partial charge in [0.1, 0.15) is 11.6 Å². The lowest BCUT2D eigenvalue weighted by Crippen LogP contribution is -2.32. The Morgan fingerprint density at radius 1 is 1.27 bits per heavy atom. The first-order valence-corrected chi connectivity index (χ1v) is 8.97. The fraction of sp³-hybridized carbons (Fsp3) is 0.278. The monoisotopic (exact) mass is 375 g/mol. The molecule has 0 saturated heterocycles. The maximum Gasteiger partial charge on any atom is 0.277 e. The summed E-state index contributed by atoms with van der Waals surface area (Å²) in [5, 5.41) is 10.7. The van der Waals surface area contributed by atoms with Gasteiger partial charge in [0.2, 0.25) is 5.91 Å². The molecule has 0 aliphatic rings. The highest BCUT2D eigenvalue weighted by Gasteiger charge is 2.19. The van der Waals surface area contributed by atoms with Gasteiger partial charge in [0.05, 0.1) is 17.1 Å². The first kappa shape index (κ1) is 18.2. The molecule has 2 heterocycles. The van der Waals surface area contributed by atoms with Gasteiger partial charge < -0.3 is 14.2 Å². The van der Waals surface area contributed by atoms with Crippen LogP contribution >= 0.6 is 11.8 Å². The van der Waals surface area contributed by atoms with E-state index in [1.807, 2.05) is 6.92 Å². The second-order valence-corrected chi connectivity index (χ2v) is 6.98. The Labute approximate surface area is 154 Å². The molecule has 0 radical (unpaired) electrons. The van der Waals surface area contributed by atoms with Gasteiger partial charge in [-0.15, -0.1) is 10.2 Å². The summed E-state index contributed by atoms with van der Waals surface area (Å²) in [4.78, 5) is 12.2. The number of nitrogens with one attached hydrogen (secondary N) is 1. The van der Waals surface area contributed by atoms with Crippen molar-refractivity contribution in [2.75, 3.05) is 6.54 Å². The molecule has 1 atom stereocenters. The summed E-state index contributed by atoms with van der Waals surface area (Å²) in [5.41, 5.74) is 1.70. The van der Waals surface area contributed by atoms with Crippen molar-refractivity contribution in [2.45, 2.75) is 30.7 Å². The number of carbonyl (C=O) groups is 1. The van der Waals surface area contributed by atoms with Crippen LogP contribution in [-0.2, 0) is 11.2 Å². The van der Waals surface area contributed by atoms with E-state index in [4.69, 9.17) is 8.83 Å². The quantitative estimate of drug-likeness (QED) is 0.635. The van der Waals surface area contributed by atoms with Crippen molar-refractivity contribution in [1.29, 1.82) is 0 Å². The minimum atomic E-state index is -0.387. The Kier molecular flexibility index (Phi) is 5.72. The van der Waals surface area contributed by atoms with Crippen molar-refractivity contribution >= 4 is 17.7 Å². The van der Waals surface area contributed by atoms with Gasteiger partial charge in [0.15, 0.2) is 0 Å². The molecule has 26 heavy (non-hydrogen) atoms. The Balaban J connectivity index is 1.49. The van der Waals surface area contributed by atoms with Gasteiger partial charge in [-0.05, 0) is 44.0 Å².